The second kappa shape index (κ2) is 8.33. The minimum atomic E-state index is -2.87. The van der Waals surface area contributed by atoms with Gasteiger partial charge in [-0.1, -0.05) is 11.8 Å². The molecule has 0 spiro atoms. The van der Waals surface area contributed by atoms with Crippen molar-refractivity contribution in [3.8, 4) is 17.6 Å². The summed E-state index contributed by atoms with van der Waals surface area (Å²) in [6.07, 6.45) is 5.11. The average Bonchev–Trinajstić information content (AvgIpc) is 3.58. The maximum atomic E-state index is 12.3. The van der Waals surface area contributed by atoms with Crippen LogP contribution in [-0.2, 0) is 4.79 Å². The minimum Gasteiger partial charge on any atom is -0.435 e. The molecule has 2 heterocycles. The van der Waals surface area contributed by atoms with Crippen LogP contribution in [0.4, 0.5) is 20.4 Å². The zero-order valence-corrected chi connectivity index (χ0v) is 16.1. The van der Waals surface area contributed by atoms with Crippen molar-refractivity contribution in [2.75, 3.05) is 17.7 Å². The van der Waals surface area contributed by atoms with Crippen LogP contribution in [0, 0.1) is 17.8 Å². The number of nitrogens with zero attached hydrogens (tertiary/aromatic N) is 2. The van der Waals surface area contributed by atoms with Gasteiger partial charge in [0.05, 0.1) is 5.56 Å². The lowest BCUT2D eigenvalue weighted by atomic mass is 10.1. The Morgan fingerprint density at radius 1 is 1.13 bits per heavy atom. The monoisotopic (exact) mass is 408 g/mol. The van der Waals surface area contributed by atoms with Gasteiger partial charge in [-0.3, -0.25) is 4.79 Å². The van der Waals surface area contributed by atoms with Crippen molar-refractivity contribution in [2.45, 2.75) is 19.5 Å². The number of nitrogens with one attached hydrogen (secondary N) is 2. The van der Waals surface area contributed by atoms with E-state index in [-0.39, 0.29) is 17.6 Å². The number of amides is 1. The molecule has 0 unspecified atom stereocenters. The highest BCUT2D eigenvalue weighted by molar-refractivity contribution is 5.99. The number of aromatic nitrogens is 2. The van der Waals surface area contributed by atoms with E-state index >= 15 is 0 Å². The van der Waals surface area contributed by atoms with Gasteiger partial charge in [-0.15, -0.1) is 0 Å². The number of pyridine rings is 2. The number of halogens is 2. The van der Waals surface area contributed by atoms with E-state index in [9.17, 15) is 13.6 Å². The third kappa shape index (κ3) is 4.46. The van der Waals surface area contributed by atoms with Gasteiger partial charge in [0.1, 0.15) is 17.4 Å². The number of anilines is 2. The molecule has 4 rings (SSSR count). The Balaban J connectivity index is 1.66. The summed E-state index contributed by atoms with van der Waals surface area (Å²) in [5.74, 6) is 7.29. The van der Waals surface area contributed by atoms with E-state index in [2.05, 4.69) is 37.2 Å². The maximum absolute atomic E-state index is 12.3. The first-order valence-corrected chi connectivity index (χ1v) is 9.38. The van der Waals surface area contributed by atoms with Crippen LogP contribution in [0.25, 0.3) is 10.8 Å². The Kier molecular flexibility index (Phi) is 5.44. The number of alkyl halides is 2. The summed E-state index contributed by atoms with van der Waals surface area (Å²) >= 11 is 0. The molecule has 1 aromatic carbocycles. The number of hydrogen-bond donors (Lipinski definition) is 2. The molecule has 1 saturated carbocycles. The quantitative estimate of drug-likeness (QED) is 0.624. The maximum Gasteiger partial charge on any atom is 0.387 e. The lowest BCUT2D eigenvalue weighted by Gasteiger charge is -2.09. The molecule has 8 heteroatoms. The molecule has 1 aliphatic rings. The van der Waals surface area contributed by atoms with Crippen molar-refractivity contribution in [2.24, 2.45) is 5.92 Å². The van der Waals surface area contributed by atoms with Gasteiger partial charge in [0.15, 0.2) is 0 Å². The summed E-state index contributed by atoms with van der Waals surface area (Å²) in [7, 11) is 1.76. The predicted molar refractivity (Wildman–Crippen MR) is 109 cm³/mol. The summed E-state index contributed by atoms with van der Waals surface area (Å²) in [5.41, 5.74) is 1.29. The van der Waals surface area contributed by atoms with Crippen LogP contribution >= 0.6 is 0 Å². The normalized spacial score (nSPS) is 12.9. The fraction of sp³-hybridized carbons (Fsp3) is 0.227. The second-order valence-corrected chi connectivity index (χ2v) is 6.80. The van der Waals surface area contributed by atoms with Gasteiger partial charge in [0.25, 0.3) is 0 Å². The molecule has 30 heavy (non-hydrogen) atoms. The highest BCUT2D eigenvalue weighted by Crippen LogP contribution is 2.31. The first kappa shape index (κ1) is 19.6. The van der Waals surface area contributed by atoms with Crippen molar-refractivity contribution >= 4 is 28.3 Å². The molecular formula is C22H18F2N4O2. The molecule has 152 valence electrons. The summed E-state index contributed by atoms with van der Waals surface area (Å²) < 4.78 is 28.9. The number of hydrogen-bond acceptors (Lipinski definition) is 5. The highest BCUT2D eigenvalue weighted by atomic mass is 19.3. The van der Waals surface area contributed by atoms with Gasteiger partial charge in [-0.2, -0.15) is 8.78 Å². The van der Waals surface area contributed by atoms with Crippen molar-refractivity contribution in [3.05, 3.63) is 53.9 Å². The van der Waals surface area contributed by atoms with E-state index in [0.717, 1.165) is 23.6 Å². The number of benzene rings is 1. The first-order valence-electron chi connectivity index (χ1n) is 9.38. The summed E-state index contributed by atoms with van der Waals surface area (Å²) in [6.45, 7) is -2.87. The van der Waals surface area contributed by atoms with Gasteiger partial charge in [-0.25, -0.2) is 9.97 Å². The Morgan fingerprint density at radius 3 is 2.57 bits per heavy atom. The van der Waals surface area contributed by atoms with Crippen LogP contribution in [0.2, 0.25) is 0 Å². The van der Waals surface area contributed by atoms with Crippen LogP contribution in [-0.4, -0.2) is 29.5 Å². The number of rotatable bonds is 5. The minimum absolute atomic E-state index is 0.0245. The van der Waals surface area contributed by atoms with Crippen LogP contribution in [0.1, 0.15) is 24.0 Å². The SMILES string of the molecule is CNc1ncc(C#Cc2ccc(OC(F)F)cc2)c2cc(NC(=O)C3CC3)ncc12. The smallest absolute Gasteiger partial charge is 0.387 e. The molecule has 2 N–H and O–H groups in total. The van der Waals surface area contributed by atoms with Crippen LogP contribution in [0.3, 0.4) is 0 Å². The van der Waals surface area contributed by atoms with Crippen LogP contribution in [0.5, 0.6) is 5.75 Å². The summed E-state index contributed by atoms with van der Waals surface area (Å²) in [6, 6.07) is 7.86. The molecule has 1 fully saturated rings. The van der Waals surface area contributed by atoms with E-state index < -0.39 is 6.61 Å². The van der Waals surface area contributed by atoms with Crippen molar-refractivity contribution in [3.63, 3.8) is 0 Å². The topological polar surface area (TPSA) is 76.1 Å². The molecule has 0 radical (unpaired) electrons. The lowest BCUT2D eigenvalue weighted by molar-refractivity contribution is -0.117. The van der Waals surface area contributed by atoms with E-state index in [1.807, 2.05) is 0 Å². The number of fused-ring (bicyclic) bond motifs is 1. The molecule has 0 aliphatic heterocycles. The van der Waals surface area contributed by atoms with Crippen molar-refractivity contribution < 1.29 is 18.3 Å². The third-order valence-corrected chi connectivity index (χ3v) is 4.63. The Bertz CT molecular complexity index is 1150. The molecule has 2 aromatic heterocycles. The third-order valence-electron chi connectivity index (χ3n) is 4.63. The standard InChI is InChI=1S/C22H18F2N4O2/c1-25-20-18-12-26-19(28-21(29)14-6-7-14)10-17(18)15(11-27-20)5-2-13-3-8-16(9-4-13)30-22(23)24/h3-4,8-12,14,22H,6-7H2,1H3,(H,25,27)(H,26,28,29). The van der Waals surface area contributed by atoms with Gasteiger partial charge < -0.3 is 15.4 Å². The molecule has 0 saturated heterocycles. The van der Waals surface area contributed by atoms with Gasteiger partial charge in [0, 0.05) is 41.7 Å². The Hall–Kier alpha value is -3.73. The van der Waals surface area contributed by atoms with Crippen LogP contribution < -0.4 is 15.4 Å². The molecule has 6 nitrogen and oxygen atoms in total. The second-order valence-electron chi connectivity index (χ2n) is 6.80. The molecule has 3 aromatic rings. The zero-order valence-electron chi connectivity index (χ0n) is 16.1. The molecule has 0 bridgehead atoms. The van der Waals surface area contributed by atoms with Gasteiger partial charge >= 0.3 is 6.61 Å². The number of carbonyl (C=O) groups is 1. The van der Waals surface area contributed by atoms with Crippen LogP contribution in [0.15, 0.2) is 42.7 Å². The Morgan fingerprint density at radius 2 is 1.90 bits per heavy atom. The molecular weight excluding hydrogens is 390 g/mol. The van der Waals surface area contributed by atoms with E-state index in [4.69, 9.17) is 0 Å². The van der Waals surface area contributed by atoms with E-state index in [0.29, 0.717) is 22.8 Å². The summed E-state index contributed by atoms with van der Waals surface area (Å²) in [4.78, 5) is 20.8. The van der Waals surface area contributed by atoms with E-state index in [1.54, 1.807) is 37.6 Å². The van der Waals surface area contributed by atoms with Gasteiger partial charge in [0.2, 0.25) is 5.91 Å². The highest BCUT2D eigenvalue weighted by Gasteiger charge is 2.29. The van der Waals surface area contributed by atoms with Gasteiger partial charge in [-0.05, 0) is 43.2 Å². The average molecular weight is 408 g/mol. The van der Waals surface area contributed by atoms with Crippen molar-refractivity contribution in [1.29, 1.82) is 0 Å². The molecule has 1 aliphatic carbocycles. The molecule has 0 atom stereocenters. The fourth-order valence-electron chi connectivity index (χ4n) is 2.94. The number of ether oxygens (including phenoxy) is 1. The zero-order chi connectivity index (χ0) is 21.1. The Labute approximate surface area is 171 Å². The first-order chi connectivity index (χ1) is 14.5. The predicted octanol–water partition coefficient (Wildman–Crippen LogP) is 4.02. The molecule has 1 amide bonds. The van der Waals surface area contributed by atoms with Crippen molar-refractivity contribution in [1.82, 2.24) is 9.97 Å². The van der Waals surface area contributed by atoms with E-state index in [1.165, 1.54) is 12.1 Å². The summed E-state index contributed by atoms with van der Waals surface area (Å²) in [5, 5.41) is 7.43. The number of carbonyl (C=O) groups excluding carboxylic acids is 1. The lowest BCUT2D eigenvalue weighted by Crippen LogP contribution is -2.14. The largest absolute Gasteiger partial charge is 0.435 e. The fourth-order valence-corrected chi connectivity index (χ4v) is 2.94.